The summed E-state index contributed by atoms with van der Waals surface area (Å²) in [6, 6.07) is 6.19. The zero-order chi connectivity index (χ0) is 16.8. The van der Waals surface area contributed by atoms with Crippen LogP contribution in [0, 0.1) is 5.41 Å². The Kier molecular flexibility index (Phi) is 3.27. The monoisotopic (exact) mass is 348 g/mol. The molecule has 25 heavy (non-hydrogen) atoms. The number of thiazole rings is 1. The van der Waals surface area contributed by atoms with Gasteiger partial charge < -0.3 is 15.6 Å². The molecule has 3 aliphatic rings. The van der Waals surface area contributed by atoms with Crippen molar-refractivity contribution in [2.45, 2.75) is 25.0 Å². The minimum absolute atomic E-state index is 0.0388. The molecule has 6 nitrogen and oxygen atoms in total. The van der Waals surface area contributed by atoms with Crippen molar-refractivity contribution in [1.82, 2.24) is 9.88 Å². The van der Waals surface area contributed by atoms with Gasteiger partial charge in [-0.1, -0.05) is 6.07 Å². The van der Waals surface area contributed by atoms with Crippen molar-refractivity contribution in [1.29, 1.82) is 5.41 Å². The normalized spacial score (nSPS) is 23.6. The molecule has 2 aliphatic heterocycles. The highest BCUT2D eigenvalue weighted by molar-refractivity contribution is 7.09. The number of fused-ring (bicyclic) bond motifs is 2. The molecule has 3 heterocycles. The summed E-state index contributed by atoms with van der Waals surface area (Å²) < 4.78 is 0. The predicted octanol–water partition coefficient (Wildman–Crippen LogP) is 3.21. The molecule has 1 aliphatic carbocycles. The van der Waals surface area contributed by atoms with Gasteiger partial charge in [0.05, 0.1) is 6.21 Å². The summed E-state index contributed by atoms with van der Waals surface area (Å²) in [5, 5.41) is 14.6. The number of anilines is 1. The van der Waals surface area contributed by atoms with Crippen LogP contribution in [0.1, 0.15) is 28.6 Å². The first kappa shape index (κ1) is 14.5. The minimum atomic E-state index is -0.0734. The van der Waals surface area contributed by atoms with E-state index >= 15 is 0 Å². The lowest BCUT2D eigenvalue weighted by molar-refractivity contribution is 0.424. The van der Waals surface area contributed by atoms with E-state index in [1.165, 1.54) is 5.56 Å². The Morgan fingerprint density at radius 1 is 1.28 bits per heavy atom. The molecule has 7 heteroatoms. The smallest absolute Gasteiger partial charge is 0.149 e. The van der Waals surface area contributed by atoms with Crippen LogP contribution in [-0.2, 0) is 6.42 Å². The van der Waals surface area contributed by atoms with Gasteiger partial charge in [0.15, 0.2) is 0 Å². The second-order valence-electron chi connectivity index (χ2n) is 6.23. The highest BCUT2D eigenvalue weighted by Gasteiger charge is 2.37. The molecule has 2 aromatic rings. The number of nitrogens with one attached hydrogen (secondary N) is 2. The largest absolute Gasteiger partial charge is 0.363 e. The predicted molar refractivity (Wildman–Crippen MR) is 101 cm³/mol. The molecule has 0 spiro atoms. The number of rotatable bonds is 3. The number of benzene rings is 1. The first-order valence-corrected chi connectivity index (χ1v) is 9.10. The van der Waals surface area contributed by atoms with E-state index in [2.05, 4.69) is 38.4 Å². The van der Waals surface area contributed by atoms with Gasteiger partial charge in [-0.25, -0.2) is 4.98 Å². The zero-order valence-corrected chi connectivity index (χ0v) is 14.2. The van der Waals surface area contributed by atoms with Crippen LogP contribution >= 0.6 is 11.3 Å². The number of hydrogen-bond acceptors (Lipinski definition) is 7. The van der Waals surface area contributed by atoms with E-state index in [4.69, 9.17) is 10.4 Å². The van der Waals surface area contributed by atoms with Crippen LogP contribution in [0.15, 0.2) is 52.2 Å². The molecule has 1 aromatic heterocycles. The van der Waals surface area contributed by atoms with Crippen molar-refractivity contribution in [3.05, 3.63) is 58.3 Å². The van der Waals surface area contributed by atoms with Gasteiger partial charge in [-0.3, -0.25) is 9.98 Å². The number of aromatic nitrogens is 1. The average molecular weight is 348 g/mol. The topological polar surface area (TPSA) is 76.7 Å². The molecular formula is C18H16N6S. The SMILES string of the molecule is N=C1CCc2cc(NC3C(c4nccs4)N=C4C=NC=CN43)ccc21. The van der Waals surface area contributed by atoms with Gasteiger partial charge in [0.1, 0.15) is 23.1 Å². The molecule has 2 unspecified atom stereocenters. The van der Waals surface area contributed by atoms with Crippen molar-refractivity contribution < 1.29 is 0 Å². The molecule has 2 N–H and O–H groups in total. The van der Waals surface area contributed by atoms with Gasteiger partial charge in [0.2, 0.25) is 0 Å². The van der Waals surface area contributed by atoms with Gasteiger partial charge in [-0.15, -0.1) is 11.3 Å². The maximum absolute atomic E-state index is 7.99. The fourth-order valence-electron chi connectivity index (χ4n) is 3.53. The third-order valence-corrected chi connectivity index (χ3v) is 5.58. The highest BCUT2D eigenvalue weighted by atomic mass is 32.1. The second kappa shape index (κ2) is 5.63. The van der Waals surface area contributed by atoms with Gasteiger partial charge in [-0.05, 0) is 36.1 Å². The number of aliphatic imine (C=N–C) groups is 2. The Balaban J connectivity index is 1.48. The van der Waals surface area contributed by atoms with Gasteiger partial charge in [0, 0.05) is 35.4 Å². The molecule has 124 valence electrons. The molecule has 5 rings (SSSR count). The fourth-order valence-corrected chi connectivity index (χ4v) is 4.24. The van der Waals surface area contributed by atoms with E-state index in [1.54, 1.807) is 23.8 Å². The summed E-state index contributed by atoms with van der Waals surface area (Å²) in [4.78, 5) is 15.6. The van der Waals surface area contributed by atoms with E-state index in [0.29, 0.717) is 0 Å². The lowest BCUT2D eigenvalue weighted by atomic mass is 10.1. The molecule has 0 saturated heterocycles. The first-order valence-electron chi connectivity index (χ1n) is 8.22. The average Bonchev–Trinajstić information content (AvgIpc) is 3.35. The third-order valence-electron chi connectivity index (χ3n) is 4.73. The first-order chi connectivity index (χ1) is 12.3. The standard InChI is InChI=1S/C18H16N6S/c19-14-4-1-11-9-12(2-3-13(11)14)22-17-16(18-21-6-8-25-18)23-15-10-20-5-7-24(15)17/h2-3,5-10,16-17,19,22H,1,4H2. The number of nitrogens with zero attached hydrogens (tertiary/aromatic N) is 4. The Morgan fingerprint density at radius 2 is 2.24 bits per heavy atom. The van der Waals surface area contributed by atoms with Crippen molar-refractivity contribution in [2.75, 3.05) is 5.32 Å². The van der Waals surface area contributed by atoms with E-state index in [9.17, 15) is 0 Å². The van der Waals surface area contributed by atoms with Crippen LogP contribution in [-0.4, -0.2) is 33.8 Å². The molecule has 0 bridgehead atoms. The lowest BCUT2D eigenvalue weighted by Gasteiger charge is -2.28. The number of aryl methyl sites for hydroxylation is 1. The van der Waals surface area contributed by atoms with Crippen molar-refractivity contribution in [3.8, 4) is 0 Å². The highest BCUT2D eigenvalue weighted by Crippen LogP contribution is 2.35. The summed E-state index contributed by atoms with van der Waals surface area (Å²) >= 11 is 1.62. The molecule has 0 saturated carbocycles. The summed E-state index contributed by atoms with van der Waals surface area (Å²) in [5.74, 6) is 0.850. The molecular weight excluding hydrogens is 332 g/mol. The number of hydrogen-bond donors (Lipinski definition) is 2. The Bertz CT molecular complexity index is 927. The summed E-state index contributed by atoms with van der Waals surface area (Å²) in [7, 11) is 0. The van der Waals surface area contributed by atoms with Crippen LogP contribution in [0.5, 0.6) is 0 Å². The van der Waals surface area contributed by atoms with Crippen LogP contribution < -0.4 is 5.32 Å². The Morgan fingerprint density at radius 3 is 3.12 bits per heavy atom. The molecule has 0 amide bonds. The van der Waals surface area contributed by atoms with Crippen LogP contribution in [0.2, 0.25) is 0 Å². The van der Waals surface area contributed by atoms with E-state index in [0.717, 1.165) is 40.6 Å². The van der Waals surface area contributed by atoms with Crippen LogP contribution in [0.4, 0.5) is 5.69 Å². The maximum Gasteiger partial charge on any atom is 0.149 e. The van der Waals surface area contributed by atoms with Crippen molar-refractivity contribution in [3.63, 3.8) is 0 Å². The number of amidine groups is 1. The molecule has 0 radical (unpaired) electrons. The molecule has 2 atom stereocenters. The maximum atomic E-state index is 7.99. The van der Waals surface area contributed by atoms with E-state index in [-0.39, 0.29) is 12.2 Å². The third kappa shape index (κ3) is 2.39. The quantitative estimate of drug-likeness (QED) is 0.894. The van der Waals surface area contributed by atoms with E-state index in [1.807, 2.05) is 17.8 Å². The zero-order valence-electron chi connectivity index (χ0n) is 13.4. The Hall–Kier alpha value is -2.80. The van der Waals surface area contributed by atoms with Crippen LogP contribution in [0.3, 0.4) is 0 Å². The molecule has 0 fully saturated rings. The lowest BCUT2D eigenvalue weighted by Crippen LogP contribution is -2.40. The fraction of sp³-hybridized carbons (Fsp3) is 0.222. The summed E-state index contributed by atoms with van der Waals surface area (Å²) in [5.41, 5.74) is 4.11. The van der Waals surface area contributed by atoms with Crippen molar-refractivity contribution >= 4 is 34.8 Å². The van der Waals surface area contributed by atoms with Gasteiger partial charge >= 0.3 is 0 Å². The summed E-state index contributed by atoms with van der Waals surface area (Å²) in [6.45, 7) is 0. The molecule has 1 aromatic carbocycles. The summed E-state index contributed by atoms with van der Waals surface area (Å²) in [6.07, 6.45) is 9.08. The van der Waals surface area contributed by atoms with Crippen molar-refractivity contribution in [2.24, 2.45) is 9.98 Å². The Labute approximate surface area is 149 Å². The van der Waals surface area contributed by atoms with Gasteiger partial charge in [-0.2, -0.15) is 0 Å². The van der Waals surface area contributed by atoms with E-state index < -0.39 is 0 Å². The minimum Gasteiger partial charge on any atom is -0.363 e. The van der Waals surface area contributed by atoms with Crippen LogP contribution in [0.25, 0.3) is 0 Å². The van der Waals surface area contributed by atoms with Gasteiger partial charge in [0.25, 0.3) is 0 Å². The second-order valence-corrected chi connectivity index (χ2v) is 7.15.